The van der Waals surface area contributed by atoms with Crippen LogP contribution in [0.4, 0.5) is 0 Å². The molecule has 0 aromatic rings. The minimum absolute atomic E-state index is 0.0658. The summed E-state index contributed by atoms with van der Waals surface area (Å²) < 4.78 is 14.8. The number of amides is 1. The SMILES string of the molecule is CC(=CC(=O)N1CCCCC1)OP(=O)(O)O. The molecule has 1 aliphatic rings. The number of carbonyl (C=O) groups excluding carboxylic acids is 1. The molecular weight excluding hydrogens is 233 g/mol. The Morgan fingerprint density at radius 2 is 1.88 bits per heavy atom. The standard InChI is InChI=1S/C9H16NO5P/c1-8(15-16(12,13)14)7-9(11)10-5-3-2-4-6-10/h7H,2-6H2,1H3,(H2,12,13,14). The normalized spacial score (nSPS) is 18.4. The van der Waals surface area contributed by atoms with Gasteiger partial charge in [-0.3, -0.25) is 14.6 Å². The number of phosphoric acid groups is 1. The third kappa shape index (κ3) is 4.79. The molecule has 2 N–H and O–H groups in total. The number of phosphoric ester groups is 1. The highest BCUT2D eigenvalue weighted by Gasteiger charge is 2.18. The van der Waals surface area contributed by atoms with Crippen LogP contribution in [0.25, 0.3) is 0 Å². The zero-order chi connectivity index (χ0) is 12.2. The molecule has 1 aliphatic heterocycles. The Balaban J connectivity index is 2.54. The van der Waals surface area contributed by atoms with Crippen LogP contribution < -0.4 is 0 Å². The van der Waals surface area contributed by atoms with E-state index in [1.165, 1.54) is 6.92 Å². The average molecular weight is 249 g/mol. The van der Waals surface area contributed by atoms with Gasteiger partial charge in [-0.15, -0.1) is 0 Å². The van der Waals surface area contributed by atoms with E-state index in [0.29, 0.717) is 13.1 Å². The Kier molecular flexibility index (Phi) is 4.53. The molecule has 16 heavy (non-hydrogen) atoms. The summed E-state index contributed by atoms with van der Waals surface area (Å²) in [6.07, 6.45) is 4.17. The molecule has 0 aromatic carbocycles. The van der Waals surface area contributed by atoms with E-state index in [2.05, 4.69) is 4.52 Å². The van der Waals surface area contributed by atoms with Gasteiger partial charge in [0, 0.05) is 19.2 Å². The van der Waals surface area contributed by atoms with Crippen molar-refractivity contribution < 1.29 is 23.7 Å². The van der Waals surface area contributed by atoms with Gasteiger partial charge in [-0.2, -0.15) is 0 Å². The van der Waals surface area contributed by atoms with E-state index >= 15 is 0 Å². The molecule has 0 aromatic heterocycles. The smallest absolute Gasteiger partial charge is 0.409 e. The topological polar surface area (TPSA) is 87.1 Å². The van der Waals surface area contributed by atoms with Crippen LogP contribution in [0.2, 0.25) is 0 Å². The Labute approximate surface area is 94.1 Å². The number of hydrogen-bond donors (Lipinski definition) is 2. The van der Waals surface area contributed by atoms with Gasteiger partial charge >= 0.3 is 7.82 Å². The van der Waals surface area contributed by atoms with Crippen LogP contribution in [0.15, 0.2) is 11.8 Å². The maximum Gasteiger partial charge on any atom is 0.524 e. The van der Waals surface area contributed by atoms with Gasteiger partial charge in [0.05, 0.1) is 0 Å². The molecule has 0 spiro atoms. The number of likely N-dealkylation sites (tertiary alicyclic amines) is 1. The number of nitrogens with zero attached hydrogens (tertiary/aromatic N) is 1. The Bertz CT molecular complexity index is 329. The summed E-state index contributed by atoms with van der Waals surface area (Å²) in [4.78, 5) is 30.3. The highest BCUT2D eigenvalue weighted by Crippen LogP contribution is 2.38. The zero-order valence-electron chi connectivity index (χ0n) is 9.13. The van der Waals surface area contributed by atoms with Crippen LogP contribution in [0.3, 0.4) is 0 Å². The summed E-state index contributed by atoms with van der Waals surface area (Å²) in [5.41, 5.74) is 0. The Hall–Kier alpha value is -0.840. The first-order valence-electron chi connectivity index (χ1n) is 5.11. The highest BCUT2D eigenvalue weighted by molar-refractivity contribution is 7.46. The fourth-order valence-electron chi connectivity index (χ4n) is 1.59. The summed E-state index contributed by atoms with van der Waals surface area (Å²) in [7, 11) is -4.56. The first kappa shape index (κ1) is 13.2. The summed E-state index contributed by atoms with van der Waals surface area (Å²) in [6.45, 7) is 2.73. The third-order valence-corrected chi connectivity index (χ3v) is 2.78. The van der Waals surface area contributed by atoms with Crippen LogP contribution in [0.5, 0.6) is 0 Å². The van der Waals surface area contributed by atoms with E-state index < -0.39 is 7.82 Å². The largest absolute Gasteiger partial charge is 0.524 e. The van der Waals surface area contributed by atoms with Crippen LogP contribution in [0, 0.1) is 0 Å². The fourth-order valence-corrected chi connectivity index (χ4v) is 2.02. The monoisotopic (exact) mass is 249 g/mol. The van der Waals surface area contributed by atoms with Crippen LogP contribution in [-0.2, 0) is 13.9 Å². The molecule has 1 heterocycles. The van der Waals surface area contributed by atoms with Gasteiger partial charge < -0.3 is 9.42 Å². The maximum atomic E-state index is 11.6. The Morgan fingerprint density at radius 3 is 2.38 bits per heavy atom. The van der Waals surface area contributed by atoms with E-state index in [0.717, 1.165) is 25.3 Å². The van der Waals surface area contributed by atoms with Gasteiger partial charge in [-0.05, 0) is 26.2 Å². The number of piperidine rings is 1. The minimum atomic E-state index is -4.56. The summed E-state index contributed by atoms with van der Waals surface area (Å²) in [6, 6.07) is 0. The van der Waals surface area contributed by atoms with Crippen molar-refractivity contribution in [3.05, 3.63) is 11.8 Å². The maximum absolute atomic E-state index is 11.6. The molecule has 1 rings (SSSR count). The number of allylic oxidation sites excluding steroid dienone is 1. The second-order valence-corrected chi connectivity index (χ2v) is 4.89. The van der Waals surface area contributed by atoms with Gasteiger partial charge in [-0.1, -0.05) is 0 Å². The lowest BCUT2D eigenvalue weighted by molar-refractivity contribution is -0.127. The quantitative estimate of drug-likeness (QED) is 0.443. The molecule has 1 amide bonds. The predicted molar refractivity (Wildman–Crippen MR) is 57.3 cm³/mol. The molecule has 0 saturated carbocycles. The molecule has 92 valence electrons. The van der Waals surface area contributed by atoms with Crippen molar-refractivity contribution in [2.75, 3.05) is 13.1 Å². The van der Waals surface area contributed by atoms with Gasteiger partial charge in [0.25, 0.3) is 0 Å². The molecule has 0 unspecified atom stereocenters. The molecule has 0 aliphatic carbocycles. The number of carbonyl (C=O) groups is 1. The number of rotatable bonds is 3. The second kappa shape index (κ2) is 5.48. The molecule has 1 saturated heterocycles. The van der Waals surface area contributed by atoms with E-state index in [4.69, 9.17) is 9.79 Å². The molecule has 7 heteroatoms. The van der Waals surface area contributed by atoms with E-state index in [-0.39, 0.29) is 11.7 Å². The fraction of sp³-hybridized carbons (Fsp3) is 0.667. The van der Waals surface area contributed by atoms with Crippen molar-refractivity contribution in [2.24, 2.45) is 0 Å². The lowest BCUT2D eigenvalue weighted by atomic mass is 10.1. The van der Waals surface area contributed by atoms with E-state index in [1.807, 2.05) is 0 Å². The zero-order valence-corrected chi connectivity index (χ0v) is 10.0. The van der Waals surface area contributed by atoms with Crippen molar-refractivity contribution in [3.63, 3.8) is 0 Å². The van der Waals surface area contributed by atoms with Gasteiger partial charge in [0.15, 0.2) is 0 Å². The Morgan fingerprint density at radius 1 is 1.31 bits per heavy atom. The lowest BCUT2D eigenvalue weighted by Gasteiger charge is -2.25. The minimum Gasteiger partial charge on any atom is -0.409 e. The van der Waals surface area contributed by atoms with Crippen molar-refractivity contribution in [3.8, 4) is 0 Å². The van der Waals surface area contributed by atoms with E-state index in [9.17, 15) is 9.36 Å². The van der Waals surface area contributed by atoms with Crippen molar-refractivity contribution in [1.82, 2.24) is 4.90 Å². The first-order chi connectivity index (χ1) is 7.38. The predicted octanol–water partition coefficient (Wildman–Crippen LogP) is 1.01. The first-order valence-corrected chi connectivity index (χ1v) is 6.64. The number of hydrogen-bond acceptors (Lipinski definition) is 3. The van der Waals surface area contributed by atoms with Crippen molar-refractivity contribution >= 4 is 13.7 Å². The molecular formula is C9H16NO5P. The van der Waals surface area contributed by atoms with Gasteiger partial charge in [0.2, 0.25) is 5.91 Å². The van der Waals surface area contributed by atoms with Crippen molar-refractivity contribution in [1.29, 1.82) is 0 Å². The second-order valence-electron chi connectivity index (χ2n) is 3.72. The van der Waals surface area contributed by atoms with Crippen molar-refractivity contribution in [2.45, 2.75) is 26.2 Å². The molecule has 6 nitrogen and oxygen atoms in total. The van der Waals surface area contributed by atoms with Gasteiger partial charge in [-0.25, -0.2) is 4.57 Å². The molecule has 0 bridgehead atoms. The molecule has 0 radical (unpaired) electrons. The third-order valence-electron chi connectivity index (χ3n) is 2.26. The van der Waals surface area contributed by atoms with Crippen LogP contribution in [0.1, 0.15) is 26.2 Å². The highest BCUT2D eigenvalue weighted by atomic mass is 31.2. The van der Waals surface area contributed by atoms with Crippen LogP contribution >= 0.6 is 7.82 Å². The summed E-state index contributed by atoms with van der Waals surface area (Å²) >= 11 is 0. The van der Waals surface area contributed by atoms with E-state index in [1.54, 1.807) is 4.90 Å². The molecule has 1 fully saturated rings. The molecule has 0 atom stereocenters. The van der Waals surface area contributed by atoms with Gasteiger partial charge in [0.1, 0.15) is 5.76 Å². The van der Waals surface area contributed by atoms with Crippen LogP contribution in [-0.4, -0.2) is 33.7 Å². The summed E-state index contributed by atoms with van der Waals surface area (Å²) in [5.74, 6) is -0.324. The lowest BCUT2D eigenvalue weighted by Crippen LogP contribution is -2.34. The average Bonchev–Trinajstić information content (AvgIpc) is 2.16. The summed E-state index contributed by atoms with van der Waals surface area (Å²) in [5, 5.41) is 0.